The number of ether oxygens (including phenoxy) is 2. The molecule has 0 saturated carbocycles. The first-order valence-electron chi connectivity index (χ1n) is 13.4. The van der Waals surface area contributed by atoms with Gasteiger partial charge in [-0.2, -0.15) is 0 Å². The molecule has 0 aliphatic carbocycles. The molecule has 37 heavy (non-hydrogen) atoms. The maximum atomic E-state index is 13.9. The van der Waals surface area contributed by atoms with Gasteiger partial charge in [0.25, 0.3) is 0 Å². The third kappa shape index (κ3) is 10.2. The van der Waals surface area contributed by atoms with Crippen molar-refractivity contribution >= 4 is 25.5 Å². The van der Waals surface area contributed by atoms with Crippen molar-refractivity contribution in [2.24, 2.45) is 0 Å². The second kappa shape index (κ2) is 13.9. The fraction of sp³-hybridized carbons (Fsp3) is 0.885. The first-order chi connectivity index (χ1) is 17.0. The monoisotopic (exact) mass is 548 g/mol. The van der Waals surface area contributed by atoms with Crippen LogP contribution in [0.5, 0.6) is 0 Å². The van der Waals surface area contributed by atoms with Crippen molar-refractivity contribution in [2.75, 3.05) is 38.9 Å². The van der Waals surface area contributed by atoms with E-state index >= 15 is 0 Å². The Bertz CT molecular complexity index is 792. The van der Waals surface area contributed by atoms with Crippen LogP contribution in [0.1, 0.15) is 93.9 Å². The Morgan fingerprint density at radius 2 is 1.51 bits per heavy atom. The Morgan fingerprint density at radius 1 is 0.946 bits per heavy atom. The number of hydrogen-bond donors (Lipinski definition) is 1. The highest BCUT2D eigenvalue weighted by molar-refractivity contribution is 7.62. The lowest BCUT2D eigenvalue weighted by Crippen LogP contribution is -2.54. The lowest BCUT2D eigenvalue weighted by atomic mass is 9.99. The Morgan fingerprint density at radius 3 is 1.97 bits per heavy atom. The average Bonchev–Trinajstić information content (AvgIpc) is 2.73. The number of carbonyl (C=O) groups excluding carboxylic acids is 2. The molecule has 1 aliphatic rings. The van der Waals surface area contributed by atoms with Crippen LogP contribution in [0.15, 0.2) is 0 Å². The average molecular weight is 549 g/mol. The summed E-state index contributed by atoms with van der Waals surface area (Å²) in [4.78, 5) is 41.1. The number of carboxylic acids is 1. The van der Waals surface area contributed by atoms with Crippen LogP contribution >= 0.6 is 7.37 Å². The molecule has 0 aromatic carbocycles. The molecule has 0 aromatic rings. The van der Waals surface area contributed by atoms with Crippen LogP contribution in [0.25, 0.3) is 0 Å². The fourth-order valence-corrected chi connectivity index (χ4v) is 7.34. The van der Waals surface area contributed by atoms with E-state index in [1.807, 2.05) is 0 Å². The van der Waals surface area contributed by atoms with E-state index in [2.05, 4.69) is 11.8 Å². The molecule has 2 atom stereocenters. The number of unbranched alkanes of at least 4 members (excludes halogenated alkanes) is 3. The van der Waals surface area contributed by atoms with E-state index in [9.17, 15) is 24.1 Å². The number of hydrogen-bond acceptors (Lipinski definition) is 8. The number of aliphatic carboxylic acids is 1. The molecule has 216 valence electrons. The highest BCUT2D eigenvalue weighted by Gasteiger charge is 2.57. The van der Waals surface area contributed by atoms with Crippen molar-refractivity contribution in [2.45, 2.75) is 110 Å². The smallest absolute Gasteiger partial charge is 0.419 e. The summed E-state index contributed by atoms with van der Waals surface area (Å²) >= 11 is 0. The predicted molar refractivity (Wildman–Crippen MR) is 143 cm³/mol. The van der Waals surface area contributed by atoms with Crippen LogP contribution in [0, 0.1) is 0 Å². The Kier molecular flexibility index (Phi) is 12.6. The van der Waals surface area contributed by atoms with E-state index < -0.39 is 41.9 Å². The highest BCUT2D eigenvalue weighted by Crippen LogP contribution is 2.63. The third-order valence-electron chi connectivity index (χ3n) is 6.11. The summed E-state index contributed by atoms with van der Waals surface area (Å²) < 4.78 is 30.3. The van der Waals surface area contributed by atoms with Crippen LogP contribution in [0.3, 0.4) is 0 Å². The minimum absolute atomic E-state index is 0.0152. The topological polar surface area (TPSA) is 123 Å². The van der Waals surface area contributed by atoms with Crippen LogP contribution < -0.4 is 0 Å². The molecule has 1 rings (SSSR count). The summed E-state index contributed by atoms with van der Waals surface area (Å²) in [5, 5.41) is 8.81. The van der Waals surface area contributed by atoms with Gasteiger partial charge in [-0.3, -0.25) is 9.36 Å². The molecule has 1 N–H and O–H groups in total. The van der Waals surface area contributed by atoms with E-state index in [0.29, 0.717) is 19.4 Å². The molecule has 1 aliphatic heterocycles. The van der Waals surface area contributed by atoms with Gasteiger partial charge in [-0.25, -0.2) is 14.5 Å². The lowest BCUT2D eigenvalue weighted by Gasteiger charge is -2.45. The third-order valence-corrected chi connectivity index (χ3v) is 9.44. The van der Waals surface area contributed by atoms with E-state index in [1.165, 1.54) is 0 Å². The van der Waals surface area contributed by atoms with Crippen molar-refractivity contribution in [3.05, 3.63) is 0 Å². The molecule has 1 saturated heterocycles. The van der Waals surface area contributed by atoms with Gasteiger partial charge < -0.3 is 24.0 Å². The second-order valence-electron chi connectivity index (χ2n) is 11.7. The lowest BCUT2D eigenvalue weighted by molar-refractivity contribution is -0.141. The zero-order valence-electron chi connectivity index (χ0n) is 24.1. The molecular formula is C26H49N2O8P. The van der Waals surface area contributed by atoms with Crippen LogP contribution in [0.4, 0.5) is 9.59 Å². The van der Waals surface area contributed by atoms with E-state index in [0.717, 1.165) is 30.7 Å². The van der Waals surface area contributed by atoms with Gasteiger partial charge in [0.1, 0.15) is 11.2 Å². The van der Waals surface area contributed by atoms with Crippen molar-refractivity contribution < 1.29 is 38.1 Å². The quantitative estimate of drug-likeness (QED) is 0.232. The maximum Gasteiger partial charge on any atom is 0.419 e. The number of carboxylic acid groups (broad SMARTS) is 1. The van der Waals surface area contributed by atoms with E-state index in [-0.39, 0.29) is 32.3 Å². The zero-order chi connectivity index (χ0) is 28.5. The number of amides is 2. The van der Waals surface area contributed by atoms with Gasteiger partial charge in [0.2, 0.25) is 7.37 Å². The first kappa shape index (κ1) is 33.4. The molecule has 0 spiro atoms. The molecule has 2 amide bonds. The molecule has 0 radical (unpaired) electrons. The van der Waals surface area contributed by atoms with Gasteiger partial charge in [-0.05, 0) is 80.7 Å². The summed E-state index contributed by atoms with van der Waals surface area (Å²) in [5.41, 5.74) is -1.61. The number of imide groups is 1. The summed E-state index contributed by atoms with van der Waals surface area (Å²) in [6.45, 7) is 15.7. The minimum Gasteiger partial charge on any atom is -0.480 e. The van der Waals surface area contributed by atoms with Gasteiger partial charge in [0, 0.05) is 25.8 Å². The van der Waals surface area contributed by atoms with Gasteiger partial charge in [0.15, 0.2) is 5.16 Å². The van der Waals surface area contributed by atoms with Crippen molar-refractivity contribution in [1.29, 1.82) is 0 Å². The fourth-order valence-electron chi connectivity index (χ4n) is 4.36. The van der Waals surface area contributed by atoms with Crippen molar-refractivity contribution in [3.63, 3.8) is 0 Å². The van der Waals surface area contributed by atoms with Gasteiger partial charge >= 0.3 is 18.2 Å². The van der Waals surface area contributed by atoms with Gasteiger partial charge in [-0.1, -0.05) is 19.8 Å². The molecular weight excluding hydrogens is 499 g/mol. The van der Waals surface area contributed by atoms with Crippen molar-refractivity contribution in [3.8, 4) is 0 Å². The highest BCUT2D eigenvalue weighted by atomic mass is 31.2. The van der Waals surface area contributed by atoms with Crippen molar-refractivity contribution in [1.82, 2.24) is 9.80 Å². The Labute approximate surface area is 222 Å². The summed E-state index contributed by atoms with van der Waals surface area (Å²) in [5.74, 6) is -1.12. The molecule has 11 heteroatoms. The molecule has 2 unspecified atom stereocenters. The summed E-state index contributed by atoms with van der Waals surface area (Å²) in [6, 6.07) is 0. The first-order valence-corrected chi connectivity index (χ1v) is 15.2. The molecule has 1 fully saturated rings. The molecule has 1 heterocycles. The Hall–Kier alpha value is -1.64. The number of rotatable bonds is 12. The van der Waals surface area contributed by atoms with Gasteiger partial charge in [0.05, 0.1) is 6.61 Å². The molecule has 0 aromatic heterocycles. The largest absolute Gasteiger partial charge is 0.480 e. The SMILES string of the molecule is CCCCCN1CCP(=O)(OCC)C(CCCCN(C(=O)OC(C)(C)C)C(=O)OC(C)(C)C)(C(=O)O)C1. The van der Waals surface area contributed by atoms with E-state index in [1.54, 1.807) is 48.5 Å². The number of nitrogens with zero attached hydrogens (tertiary/aromatic N) is 2. The second-order valence-corrected chi connectivity index (χ2v) is 14.6. The normalized spacial score (nSPS) is 22.9. The van der Waals surface area contributed by atoms with E-state index in [4.69, 9.17) is 14.0 Å². The summed E-state index contributed by atoms with van der Waals surface area (Å²) in [7, 11) is -3.48. The van der Waals surface area contributed by atoms with Crippen LogP contribution in [-0.4, -0.2) is 88.4 Å². The van der Waals surface area contributed by atoms with Crippen LogP contribution in [0.2, 0.25) is 0 Å². The summed E-state index contributed by atoms with van der Waals surface area (Å²) in [6.07, 6.45) is 2.34. The minimum atomic E-state index is -3.48. The standard InChI is InChI=1S/C26H49N2O8P/c1-9-11-13-16-27-18-19-37(33,34-10-2)26(20-27,21(29)30)15-12-14-17-28(22(31)35-24(3,4)5)23(32)36-25(6,7)8/h9-20H2,1-8H3,(H,29,30). The number of carbonyl (C=O) groups is 3. The zero-order valence-corrected chi connectivity index (χ0v) is 25.0. The molecule has 0 bridgehead atoms. The Balaban J connectivity index is 3.05. The van der Waals surface area contributed by atoms with Gasteiger partial charge in [-0.15, -0.1) is 0 Å². The maximum absolute atomic E-state index is 13.9. The predicted octanol–water partition coefficient (Wildman–Crippen LogP) is 5.97. The van der Waals surface area contributed by atoms with Crippen LogP contribution in [-0.2, 0) is 23.4 Å². The molecule has 10 nitrogen and oxygen atoms in total.